The third kappa shape index (κ3) is 2.15. The van der Waals surface area contributed by atoms with Crippen molar-refractivity contribution in [2.45, 2.75) is 38.6 Å². The predicted octanol–water partition coefficient (Wildman–Crippen LogP) is 2.73. The Morgan fingerprint density at radius 2 is 2.00 bits per heavy atom. The van der Waals surface area contributed by atoms with Crippen LogP contribution in [0.15, 0.2) is 24.3 Å². The van der Waals surface area contributed by atoms with E-state index in [1.807, 2.05) is 0 Å². The molecule has 0 radical (unpaired) electrons. The van der Waals surface area contributed by atoms with E-state index >= 15 is 0 Å². The van der Waals surface area contributed by atoms with Crippen LogP contribution in [-0.4, -0.2) is 16.1 Å². The van der Waals surface area contributed by atoms with Crippen molar-refractivity contribution in [2.75, 3.05) is 6.54 Å². The van der Waals surface area contributed by atoms with Gasteiger partial charge in [-0.3, -0.25) is 0 Å². The van der Waals surface area contributed by atoms with Gasteiger partial charge in [0.15, 0.2) is 0 Å². The smallest absolute Gasteiger partial charge is 0.111 e. The highest BCUT2D eigenvalue weighted by molar-refractivity contribution is 5.75. The lowest BCUT2D eigenvalue weighted by molar-refractivity contribution is 0.454. The second kappa shape index (κ2) is 5.11. The fraction of sp³-hybridized carbons (Fsp3) is 0.533. The molecule has 96 valence electrons. The first-order valence-electron chi connectivity index (χ1n) is 7.02. The molecule has 3 rings (SSSR count). The van der Waals surface area contributed by atoms with Crippen molar-refractivity contribution in [3.63, 3.8) is 0 Å². The quantitative estimate of drug-likeness (QED) is 0.897. The monoisotopic (exact) mass is 243 g/mol. The Bertz CT molecular complexity index is 524. The molecule has 0 aliphatic heterocycles. The second-order valence-electron chi connectivity index (χ2n) is 5.32. The van der Waals surface area contributed by atoms with Crippen molar-refractivity contribution < 1.29 is 0 Å². The van der Waals surface area contributed by atoms with E-state index in [1.54, 1.807) is 0 Å². The first-order chi connectivity index (χ1) is 8.88. The topological polar surface area (TPSA) is 43.8 Å². The van der Waals surface area contributed by atoms with E-state index in [0.29, 0.717) is 6.54 Å². The Kier molecular flexibility index (Phi) is 3.33. The average Bonchev–Trinajstić information content (AvgIpc) is 3.00. The number of rotatable bonds is 4. The van der Waals surface area contributed by atoms with Crippen LogP contribution in [0.1, 0.15) is 31.5 Å². The SMILES string of the molecule is NCCc1nc2ccccc2n1CC1CCCC1. The molecule has 0 amide bonds. The van der Waals surface area contributed by atoms with Gasteiger partial charge in [0.25, 0.3) is 0 Å². The summed E-state index contributed by atoms with van der Waals surface area (Å²) in [6.07, 6.45) is 6.40. The molecule has 1 aliphatic carbocycles. The second-order valence-corrected chi connectivity index (χ2v) is 5.32. The summed E-state index contributed by atoms with van der Waals surface area (Å²) in [5.74, 6) is 1.99. The normalized spacial score (nSPS) is 16.7. The van der Waals surface area contributed by atoms with E-state index in [2.05, 4.69) is 28.8 Å². The number of para-hydroxylation sites is 2. The summed E-state index contributed by atoms with van der Waals surface area (Å²) in [6, 6.07) is 8.43. The van der Waals surface area contributed by atoms with E-state index in [-0.39, 0.29) is 0 Å². The minimum absolute atomic E-state index is 0.675. The maximum Gasteiger partial charge on any atom is 0.111 e. The minimum Gasteiger partial charge on any atom is -0.330 e. The lowest BCUT2D eigenvalue weighted by Crippen LogP contribution is -2.14. The summed E-state index contributed by atoms with van der Waals surface area (Å²) < 4.78 is 2.40. The number of fused-ring (bicyclic) bond motifs is 1. The van der Waals surface area contributed by atoms with Crippen LogP contribution >= 0.6 is 0 Å². The zero-order valence-corrected chi connectivity index (χ0v) is 10.8. The van der Waals surface area contributed by atoms with E-state index in [4.69, 9.17) is 10.7 Å². The number of benzene rings is 1. The largest absolute Gasteiger partial charge is 0.330 e. The van der Waals surface area contributed by atoms with Crippen LogP contribution < -0.4 is 5.73 Å². The lowest BCUT2D eigenvalue weighted by atomic mass is 10.1. The molecule has 1 heterocycles. The summed E-state index contributed by atoms with van der Waals surface area (Å²) in [6.45, 7) is 1.80. The summed E-state index contributed by atoms with van der Waals surface area (Å²) in [5.41, 5.74) is 8.09. The molecule has 1 aliphatic rings. The van der Waals surface area contributed by atoms with Gasteiger partial charge in [0.1, 0.15) is 5.82 Å². The van der Waals surface area contributed by atoms with Gasteiger partial charge in [-0.2, -0.15) is 0 Å². The highest BCUT2D eigenvalue weighted by Crippen LogP contribution is 2.28. The molecule has 1 fully saturated rings. The molecule has 1 aromatic heterocycles. The molecule has 2 N–H and O–H groups in total. The van der Waals surface area contributed by atoms with Crippen LogP contribution in [-0.2, 0) is 13.0 Å². The summed E-state index contributed by atoms with van der Waals surface area (Å²) in [4.78, 5) is 4.73. The van der Waals surface area contributed by atoms with Crippen LogP contribution in [0, 0.1) is 5.92 Å². The average molecular weight is 243 g/mol. The molecular weight excluding hydrogens is 222 g/mol. The van der Waals surface area contributed by atoms with E-state index in [1.165, 1.54) is 31.2 Å². The fourth-order valence-electron chi connectivity index (χ4n) is 3.10. The Balaban J connectivity index is 1.97. The van der Waals surface area contributed by atoms with Crippen molar-refractivity contribution in [1.82, 2.24) is 9.55 Å². The molecule has 18 heavy (non-hydrogen) atoms. The van der Waals surface area contributed by atoms with E-state index in [0.717, 1.165) is 30.2 Å². The number of nitrogens with two attached hydrogens (primary N) is 1. The van der Waals surface area contributed by atoms with E-state index < -0.39 is 0 Å². The molecule has 0 atom stereocenters. The van der Waals surface area contributed by atoms with Crippen molar-refractivity contribution in [3.05, 3.63) is 30.1 Å². The molecule has 1 saturated carbocycles. The molecular formula is C15H21N3. The van der Waals surface area contributed by atoms with Gasteiger partial charge in [-0.1, -0.05) is 25.0 Å². The summed E-state index contributed by atoms with van der Waals surface area (Å²) in [5, 5.41) is 0. The Hall–Kier alpha value is -1.35. The van der Waals surface area contributed by atoms with Crippen LogP contribution in [0.2, 0.25) is 0 Å². The molecule has 2 aromatic rings. The van der Waals surface area contributed by atoms with Gasteiger partial charge in [0.2, 0.25) is 0 Å². The zero-order chi connectivity index (χ0) is 12.4. The van der Waals surface area contributed by atoms with Gasteiger partial charge in [-0.15, -0.1) is 0 Å². The standard InChI is InChI=1S/C15H21N3/c16-10-9-15-17-13-7-3-4-8-14(13)18(15)11-12-5-1-2-6-12/h3-4,7-8,12H,1-2,5-6,9-11,16H2. The molecule has 0 unspecified atom stereocenters. The van der Waals surface area contributed by atoms with Crippen LogP contribution in [0.4, 0.5) is 0 Å². The zero-order valence-electron chi connectivity index (χ0n) is 10.8. The summed E-state index contributed by atoms with van der Waals surface area (Å²) in [7, 11) is 0. The number of imidazole rings is 1. The predicted molar refractivity (Wildman–Crippen MR) is 74.4 cm³/mol. The van der Waals surface area contributed by atoms with Gasteiger partial charge in [0, 0.05) is 13.0 Å². The van der Waals surface area contributed by atoms with E-state index in [9.17, 15) is 0 Å². The Morgan fingerprint density at radius 3 is 2.78 bits per heavy atom. The Morgan fingerprint density at radius 1 is 1.22 bits per heavy atom. The van der Waals surface area contributed by atoms with Gasteiger partial charge in [0.05, 0.1) is 11.0 Å². The molecule has 0 spiro atoms. The molecule has 3 nitrogen and oxygen atoms in total. The third-order valence-electron chi connectivity index (χ3n) is 4.02. The molecule has 1 aromatic carbocycles. The fourth-order valence-corrected chi connectivity index (χ4v) is 3.10. The third-order valence-corrected chi connectivity index (χ3v) is 4.02. The van der Waals surface area contributed by atoms with Crippen molar-refractivity contribution in [3.8, 4) is 0 Å². The number of nitrogens with zero attached hydrogens (tertiary/aromatic N) is 2. The number of hydrogen-bond donors (Lipinski definition) is 1. The number of hydrogen-bond acceptors (Lipinski definition) is 2. The van der Waals surface area contributed by atoms with Crippen molar-refractivity contribution >= 4 is 11.0 Å². The first kappa shape index (κ1) is 11.7. The number of aromatic nitrogens is 2. The van der Waals surface area contributed by atoms with Gasteiger partial charge < -0.3 is 10.3 Å². The van der Waals surface area contributed by atoms with Gasteiger partial charge in [-0.05, 0) is 37.4 Å². The maximum absolute atomic E-state index is 5.71. The molecule has 0 saturated heterocycles. The maximum atomic E-state index is 5.71. The van der Waals surface area contributed by atoms with Crippen molar-refractivity contribution in [2.24, 2.45) is 11.7 Å². The van der Waals surface area contributed by atoms with Gasteiger partial charge in [-0.25, -0.2) is 4.98 Å². The first-order valence-corrected chi connectivity index (χ1v) is 7.02. The van der Waals surface area contributed by atoms with Crippen LogP contribution in [0.3, 0.4) is 0 Å². The van der Waals surface area contributed by atoms with Crippen molar-refractivity contribution in [1.29, 1.82) is 0 Å². The Labute approximate surface area is 108 Å². The lowest BCUT2D eigenvalue weighted by Gasteiger charge is -2.13. The van der Waals surface area contributed by atoms with Crippen LogP contribution in [0.5, 0.6) is 0 Å². The minimum atomic E-state index is 0.675. The highest BCUT2D eigenvalue weighted by atomic mass is 15.1. The van der Waals surface area contributed by atoms with Crippen LogP contribution in [0.25, 0.3) is 11.0 Å². The summed E-state index contributed by atoms with van der Waals surface area (Å²) >= 11 is 0. The van der Waals surface area contributed by atoms with Gasteiger partial charge >= 0.3 is 0 Å². The highest BCUT2D eigenvalue weighted by Gasteiger charge is 2.18. The molecule has 0 bridgehead atoms. The molecule has 3 heteroatoms.